The Morgan fingerprint density at radius 2 is 1.51 bits per heavy atom. The number of carbonyl (C=O) groups excluding carboxylic acids is 3. The summed E-state index contributed by atoms with van der Waals surface area (Å²) in [5, 5.41) is 49.4. The highest BCUT2D eigenvalue weighted by Gasteiger charge is 2.44. The van der Waals surface area contributed by atoms with Gasteiger partial charge in [-0.15, -0.1) is 0 Å². The van der Waals surface area contributed by atoms with Gasteiger partial charge >= 0.3 is 17.9 Å². The molecule has 3 aromatic carbocycles. The van der Waals surface area contributed by atoms with E-state index in [0.29, 0.717) is 11.1 Å². The van der Waals surface area contributed by atoms with Crippen molar-refractivity contribution in [3.63, 3.8) is 0 Å². The molecular formula is C29H26O12. The van der Waals surface area contributed by atoms with Gasteiger partial charge in [-0.2, -0.15) is 0 Å². The maximum Gasteiger partial charge on any atom is 0.347 e. The van der Waals surface area contributed by atoms with Crippen molar-refractivity contribution in [2.75, 3.05) is 14.2 Å². The molecule has 4 rings (SSSR count). The van der Waals surface area contributed by atoms with Gasteiger partial charge in [0.25, 0.3) is 0 Å². The number of methoxy groups -OCH3 is 2. The van der Waals surface area contributed by atoms with E-state index in [2.05, 4.69) is 0 Å². The molecule has 41 heavy (non-hydrogen) atoms. The minimum atomic E-state index is -1.38. The lowest BCUT2D eigenvalue weighted by atomic mass is 9.87. The molecule has 0 saturated carbocycles. The van der Waals surface area contributed by atoms with Crippen LogP contribution in [0, 0.1) is 0 Å². The smallest absolute Gasteiger partial charge is 0.347 e. The molecule has 3 atom stereocenters. The van der Waals surface area contributed by atoms with Gasteiger partial charge in [-0.1, -0.05) is 18.2 Å². The van der Waals surface area contributed by atoms with Gasteiger partial charge < -0.3 is 44.5 Å². The predicted octanol–water partition coefficient (Wildman–Crippen LogP) is 2.95. The molecule has 12 heteroatoms. The fourth-order valence-electron chi connectivity index (χ4n) is 4.44. The van der Waals surface area contributed by atoms with Crippen LogP contribution in [0.2, 0.25) is 0 Å². The Bertz CT molecular complexity index is 1530. The first-order valence-corrected chi connectivity index (χ1v) is 12.1. The van der Waals surface area contributed by atoms with E-state index in [-0.39, 0.29) is 40.5 Å². The van der Waals surface area contributed by atoms with Gasteiger partial charge in [-0.25, -0.2) is 9.59 Å². The molecule has 0 fully saturated rings. The topological polar surface area (TPSA) is 189 Å². The van der Waals surface area contributed by atoms with Crippen LogP contribution in [0.3, 0.4) is 0 Å². The highest BCUT2D eigenvalue weighted by atomic mass is 16.6. The molecule has 0 bridgehead atoms. The van der Waals surface area contributed by atoms with Crippen molar-refractivity contribution < 1.29 is 58.9 Å². The monoisotopic (exact) mass is 566 g/mol. The Morgan fingerprint density at radius 1 is 0.854 bits per heavy atom. The molecule has 0 spiro atoms. The molecule has 3 aromatic rings. The van der Waals surface area contributed by atoms with Gasteiger partial charge in [-0.3, -0.25) is 4.79 Å². The third kappa shape index (κ3) is 5.96. The number of carbonyl (C=O) groups is 3. The average molecular weight is 567 g/mol. The molecule has 5 N–H and O–H groups in total. The number of phenolic OH excluding ortho intramolecular Hbond substituents is 5. The lowest BCUT2D eigenvalue weighted by Gasteiger charge is -2.18. The van der Waals surface area contributed by atoms with E-state index in [1.807, 2.05) is 0 Å². The maximum atomic E-state index is 12.9. The van der Waals surface area contributed by atoms with E-state index in [0.717, 1.165) is 13.2 Å². The number of aromatic hydroxyl groups is 5. The van der Waals surface area contributed by atoms with Gasteiger partial charge in [0.15, 0.2) is 34.5 Å². The third-order valence-electron chi connectivity index (χ3n) is 6.43. The summed E-state index contributed by atoms with van der Waals surface area (Å²) in [6.45, 7) is 0. The number of fused-ring (bicyclic) bond motifs is 1. The van der Waals surface area contributed by atoms with Crippen molar-refractivity contribution in [3.05, 3.63) is 76.9 Å². The van der Waals surface area contributed by atoms with Crippen LogP contribution in [-0.2, 0) is 35.0 Å². The lowest BCUT2D eigenvalue weighted by Crippen LogP contribution is -2.30. The summed E-state index contributed by atoms with van der Waals surface area (Å²) in [7, 11) is 2.28. The van der Waals surface area contributed by atoms with E-state index < -0.39 is 47.5 Å². The summed E-state index contributed by atoms with van der Waals surface area (Å²) >= 11 is 0. The lowest BCUT2D eigenvalue weighted by molar-refractivity contribution is -0.162. The largest absolute Gasteiger partial charge is 0.504 e. The van der Waals surface area contributed by atoms with Crippen LogP contribution >= 0.6 is 0 Å². The molecule has 1 aliphatic rings. The highest BCUT2D eigenvalue weighted by Crippen LogP contribution is 2.52. The summed E-state index contributed by atoms with van der Waals surface area (Å²) in [6, 6.07) is 10.5. The normalized spacial score (nSPS) is 16.4. The van der Waals surface area contributed by atoms with Crippen molar-refractivity contribution in [1.29, 1.82) is 0 Å². The van der Waals surface area contributed by atoms with Crippen LogP contribution in [0.4, 0.5) is 0 Å². The van der Waals surface area contributed by atoms with Crippen LogP contribution < -0.4 is 4.74 Å². The second kappa shape index (κ2) is 11.8. The fourth-order valence-corrected chi connectivity index (χ4v) is 4.44. The summed E-state index contributed by atoms with van der Waals surface area (Å²) in [6.07, 6.45) is -0.290. The molecule has 1 aliphatic heterocycles. The van der Waals surface area contributed by atoms with Crippen molar-refractivity contribution >= 4 is 24.0 Å². The van der Waals surface area contributed by atoms with Crippen LogP contribution in [-0.4, -0.2) is 63.8 Å². The van der Waals surface area contributed by atoms with Gasteiger partial charge in [0.2, 0.25) is 6.10 Å². The second-order valence-electron chi connectivity index (χ2n) is 9.01. The Morgan fingerprint density at radius 3 is 2.15 bits per heavy atom. The first kappa shape index (κ1) is 28.6. The number of hydrogen-bond donors (Lipinski definition) is 5. The summed E-state index contributed by atoms with van der Waals surface area (Å²) in [5.41, 5.74) is 1.17. The van der Waals surface area contributed by atoms with Crippen molar-refractivity contribution in [2.45, 2.75) is 24.5 Å². The standard InChI is InChI=1S/C29H26O12/c1-38-28(36)22(12-14-3-7-17(30)20(33)11-14)40-23(35)10-6-15-4-9-19(32)27-24(15)25(29(37)39-2)26(41-27)16-5-8-18(31)21(34)13-16/h3-11,13,22,25-26,30-34H,12H2,1-2H3/b10-6+. The Hall–Kier alpha value is -5.39. The van der Waals surface area contributed by atoms with Gasteiger partial charge in [0.05, 0.1) is 14.2 Å². The van der Waals surface area contributed by atoms with E-state index in [1.54, 1.807) is 0 Å². The Labute approximate surface area is 233 Å². The average Bonchev–Trinajstić information content (AvgIpc) is 3.36. The number of rotatable bonds is 8. The SMILES string of the molecule is COC(=O)C(Cc1ccc(O)c(O)c1)OC(=O)/C=C/c1ccc(O)c2c1C(C(=O)OC)C(c1ccc(O)c(O)c1)O2. The minimum absolute atomic E-state index is 0.0481. The Kier molecular flexibility index (Phi) is 8.22. The molecule has 0 aromatic heterocycles. The van der Waals surface area contributed by atoms with Crippen LogP contribution in [0.1, 0.15) is 34.3 Å². The van der Waals surface area contributed by atoms with Crippen LogP contribution in [0.5, 0.6) is 34.5 Å². The summed E-state index contributed by atoms with van der Waals surface area (Å²) in [5.74, 6) is -5.60. The van der Waals surface area contributed by atoms with Gasteiger partial charge in [0, 0.05) is 18.1 Å². The molecular weight excluding hydrogens is 540 g/mol. The Balaban J connectivity index is 1.62. The number of ether oxygens (including phenoxy) is 4. The number of benzene rings is 3. The van der Waals surface area contributed by atoms with Crippen molar-refractivity contribution in [3.8, 4) is 34.5 Å². The predicted molar refractivity (Wildman–Crippen MR) is 140 cm³/mol. The first-order valence-electron chi connectivity index (χ1n) is 12.1. The molecule has 3 unspecified atom stereocenters. The third-order valence-corrected chi connectivity index (χ3v) is 6.43. The first-order chi connectivity index (χ1) is 19.5. The fraction of sp³-hybridized carbons (Fsp3) is 0.207. The van der Waals surface area contributed by atoms with Crippen molar-refractivity contribution in [1.82, 2.24) is 0 Å². The molecule has 0 aliphatic carbocycles. The van der Waals surface area contributed by atoms with Gasteiger partial charge in [0.1, 0.15) is 12.0 Å². The molecule has 0 amide bonds. The number of hydrogen-bond acceptors (Lipinski definition) is 12. The van der Waals surface area contributed by atoms with E-state index in [4.69, 9.17) is 18.9 Å². The maximum absolute atomic E-state index is 12.9. The molecule has 12 nitrogen and oxygen atoms in total. The highest BCUT2D eigenvalue weighted by molar-refractivity contribution is 5.91. The zero-order chi connectivity index (χ0) is 29.8. The molecule has 0 saturated heterocycles. The van der Waals surface area contributed by atoms with E-state index in [9.17, 15) is 39.9 Å². The van der Waals surface area contributed by atoms with Crippen LogP contribution in [0.15, 0.2) is 54.6 Å². The van der Waals surface area contributed by atoms with Crippen molar-refractivity contribution in [2.24, 2.45) is 0 Å². The van der Waals surface area contributed by atoms with Crippen LogP contribution in [0.25, 0.3) is 6.08 Å². The molecule has 214 valence electrons. The van der Waals surface area contributed by atoms with Gasteiger partial charge in [-0.05, 0) is 53.1 Å². The molecule has 0 radical (unpaired) electrons. The quantitative estimate of drug-likeness (QED) is 0.116. The number of phenols is 5. The minimum Gasteiger partial charge on any atom is -0.504 e. The summed E-state index contributed by atoms with van der Waals surface area (Å²) in [4.78, 5) is 37.9. The zero-order valence-electron chi connectivity index (χ0n) is 21.8. The number of esters is 3. The summed E-state index contributed by atoms with van der Waals surface area (Å²) < 4.78 is 20.9. The second-order valence-corrected chi connectivity index (χ2v) is 9.01. The molecule has 1 heterocycles. The van der Waals surface area contributed by atoms with E-state index in [1.165, 1.54) is 61.7 Å². The van der Waals surface area contributed by atoms with E-state index >= 15 is 0 Å². The zero-order valence-corrected chi connectivity index (χ0v) is 21.8.